The lowest BCUT2D eigenvalue weighted by Crippen LogP contribution is -2.16. The van der Waals surface area contributed by atoms with Gasteiger partial charge in [-0.2, -0.15) is 0 Å². The first-order chi connectivity index (χ1) is 9.99. The number of benzene rings is 1. The molecule has 0 heterocycles. The van der Waals surface area contributed by atoms with Gasteiger partial charge in [0.05, 0.1) is 17.6 Å². The molecule has 1 N–H and O–H groups in total. The molecule has 0 bridgehead atoms. The highest BCUT2D eigenvalue weighted by Gasteiger charge is 2.24. The van der Waals surface area contributed by atoms with Gasteiger partial charge < -0.3 is 9.84 Å². The average Bonchev–Trinajstić information content (AvgIpc) is 2.46. The van der Waals surface area contributed by atoms with Gasteiger partial charge in [0.1, 0.15) is 5.56 Å². The minimum absolute atomic E-state index is 0.247. The van der Waals surface area contributed by atoms with Gasteiger partial charge in [0, 0.05) is 6.07 Å². The summed E-state index contributed by atoms with van der Waals surface area (Å²) in [6.45, 7) is 0.299. The lowest BCUT2D eigenvalue weighted by molar-refractivity contribution is -0.385. The number of hydrogen-bond donors (Lipinski definition) is 1. The van der Waals surface area contributed by atoms with Crippen LogP contribution in [0.2, 0.25) is 0 Å². The van der Waals surface area contributed by atoms with Crippen LogP contribution in [-0.4, -0.2) is 22.6 Å². The summed E-state index contributed by atoms with van der Waals surface area (Å²) in [6.07, 6.45) is 5.40. The molecule has 0 unspecified atom stereocenters. The van der Waals surface area contributed by atoms with Gasteiger partial charge in [-0.3, -0.25) is 10.1 Å². The predicted molar refractivity (Wildman–Crippen MR) is 72.1 cm³/mol. The Morgan fingerprint density at radius 2 is 2.05 bits per heavy atom. The Hall–Kier alpha value is -2.18. The van der Waals surface area contributed by atoms with Gasteiger partial charge in [-0.05, 0) is 18.8 Å². The lowest BCUT2D eigenvalue weighted by atomic mass is 9.90. The summed E-state index contributed by atoms with van der Waals surface area (Å²) in [6, 6.07) is 1.48. The summed E-state index contributed by atoms with van der Waals surface area (Å²) in [5.41, 5.74) is -1.34. The monoisotopic (exact) mass is 297 g/mol. The van der Waals surface area contributed by atoms with Crippen molar-refractivity contribution in [3.8, 4) is 5.75 Å². The fourth-order valence-electron chi connectivity index (χ4n) is 2.54. The van der Waals surface area contributed by atoms with Crippen LogP contribution >= 0.6 is 0 Å². The van der Waals surface area contributed by atoms with E-state index in [0.717, 1.165) is 31.7 Å². The Bertz CT molecular complexity index is 555. The summed E-state index contributed by atoms with van der Waals surface area (Å²) in [7, 11) is 0. The molecule has 0 aliphatic heterocycles. The molecule has 1 aromatic carbocycles. The van der Waals surface area contributed by atoms with Gasteiger partial charge in [-0.15, -0.1) is 0 Å². The number of nitro groups is 1. The van der Waals surface area contributed by atoms with Crippen molar-refractivity contribution in [1.29, 1.82) is 0 Å². The maximum absolute atomic E-state index is 13.8. The molecule has 0 radical (unpaired) electrons. The van der Waals surface area contributed by atoms with E-state index in [2.05, 4.69) is 0 Å². The zero-order valence-corrected chi connectivity index (χ0v) is 11.4. The van der Waals surface area contributed by atoms with E-state index in [1.165, 1.54) is 6.42 Å². The summed E-state index contributed by atoms with van der Waals surface area (Å²) in [4.78, 5) is 20.8. The summed E-state index contributed by atoms with van der Waals surface area (Å²) in [5.74, 6) is -2.32. The highest BCUT2D eigenvalue weighted by molar-refractivity contribution is 5.92. The molecule has 2 rings (SSSR count). The van der Waals surface area contributed by atoms with Crippen molar-refractivity contribution < 1.29 is 24.0 Å². The molecular weight excluding hydrogens is 281 g/mol. The van der Waals surface area contributed by atoms with Crippen LogP contribution < -0.4 is 4.74 Å². The summed E-state index contributed by atoms with van der Waals surface area (Å²) < 4.78 is 19.1. The highest BCUT2D eigenvalue weighted by atomic mass is 19.1. The molecule has 1 fully saturated rings. The molecular formula is C14H16FNO5. The molecule has 0 atom stereocenters. The van der Waals surface area contributed by atoms with Crippen LogP contribution in [0.15, 0.2) is 12.1 Å². The number of hydrogen-bond acceptors (Lipinski definition) is 4. The fourth-order valence-corrected chi connectivity index (χ4v) is 2.54. The first-order valence-electron chi connectivity index (χ1n) is 6.83. The number of carboxylic acid groups (broad SMARTS) is 1. The van der Waals surface area contributed by atoms with Gasteiger partial charge in [0.25, 0.3) is 5.69 Å². The Morgan fingerprint density at radius 1 is 1.38 bits per heavy atom. The van der Waals surface area contributed by atoms with E-state index in [4.69, 9.17) is 9.84 Å². The van der Waals surface area contributed by atoms with Crippen molar-refractivity contribution in [2.24, 2.45) is 5.92 Å². The second-order valence-electron chi connectivity index (χ2n) is 5.18. The van der Waals surface area contributed by atoms with Gasteiger partial charge in [0.15, 0.2) is 11.6 Å². The zero-order valence-electron chi connectivity index (χ0n) is 11.4. The van der Waals surface area contributed by atoms with Crippen LogP contribution in [0.3, 0.4) is 0 Å². The number of carbonyl (C=O) groups is 1. The third-order valence-corrected chi connectivity index (χ3v) is 3.68. The van der Waals surface area contributed by atoms with Crippen molar-refractivity contribution in [3.63, 3.8) is 0 Å². The average molecular weight is 297 g/mol. The van der Waals surface area contributed by atoms with Crippen molar-refractivity contribution in [3.05, 3.63) is 33.6 Å². The Labute approximate surface area is 120 Å². The second-order valence-corrected chi connectivity index (χ2v) is 5.18. The molecule has 0 spiro atoms. The number of carboxylic acids is 1. The third-order valence-electron chi connectivity index (χ3n) is 3.68. The molecule has 1 aliphatic rings. The smallest absolute Gasteiger partial charge is 0.342 e. The number of rotatable bonds is 5. The van der Waals surface area contributed by atoms with Crippen LogP contribution in [-0.2, 0) is 0 Å². The normalized spacial score (nSPS) is 15.7. The van der Waals surface area contributed by atoms with Gasteiger partial charge in [0.2, 0.25) is 0 Å². The fraction of sp³-hybridized carbons (Fsp3) is 0.500. The molecule has 6 nitrogen and oxygen atoms in total. The Kier molecular flexibility index (Phi) is 4.72. The van der Waals surface area contributed by atoms with Crippen LogP contribution in [0.1, 0.15) is 42.5 Å². The lowest BCUT2D eigenvalue weighted by Gasteiger charge is -2.21. The number of aromatic carboxylic acids is 1. The van der Waals surface area contributed by atoms with E-state index in [-0.39, 0.29) is 5.75 Å². The molecule has 0 aromatic heterocycles. The van der Waals surface area contributed by atoms with Crippen molar-refractivity contribution in [1.82, 2.24) is 0 Å². The maximum atomic E-state index is 13.8. The Morgan fingerprint density at radius 3 is 2.62 bits per heavy atom. The SMILES string of the molecule is O=C(O)c1cc(OCC2CCCCC2)c(F)cc1[N+](=O)[O-]. The standard InChI is InChI=1S/C14H16FNO5/c15-11-7-12(16(19)20)10(14(17)18)6-13(11)21-8-9-4-2-1-3-5-9/h6-7,9H,1-5,8H2,(H,17,18). The van der Waals surface area contributed by atoms with Crippen LogP contribution in [0.4, 0.5) is 10.1 Å². The first kappa shape index (κ1) is 15.2. The molecule has 0 saturated heterocycles. The van der Waals surface area contributed by atoms with E-state index in [1.807, 2.05) is 0 Å². The minimum Gasteiger partial charge on any atom is -0.490 e. The molecule has 1 saturated carbocycles. The van der Waals surface area contributed by atoms with Gasteiger partial charge >= 0.3 is 5.97 Å². The quantitative estimate of drug-likeness (QED) is 0.664. The van der Waals surface area contributed by atoms with E-state index < -0.39 is 28.0 Å². The molecule has 1 aliphatic carbocycles. The first-order valence-corrected chi connectivity index (χ1v) is 6.83. The molecule has 0 amide bonds. The highest BCUT2D eigenvalue weighted by Crippen LogP contribution is 2.30. The summed E-state index contributed by atoms with van der Waals surface area (Å²) >= 11 is 0. The van der Waals surface area contributed by atoms with Crippen LogP contribution in [0, 0.1) is 21.8 Å². The predicted octanol–water partition coefficient (Wildman–Crippen LogP) is 3.39. The molecule has 114 valence electrons. The van der Waals surface area contributed by atoms with Crippen LogP contribution in [0.5, 0.6) is 5.75 Å². The molecule has 21 heavy (non-hydrogen) atoms. The van der Waals surface area contributed by atoms with E-state index in [1.54, 1.807) is 0 Å². The van der Waals surface area contributed by atoms with Crippen LogP contribution in [0.25, 0.3) is 0 Å². The van der Waals surface area contributed by atoms with E-state index in [9.17, 15) is 19.3 Å². The molecule has 1 aromatic rings. The summed E-state index contributed by atoms with van der Waals surface area (Å²) in [5, 5.41) is 19.7. The maximum Gasteiger partial charge on any atom is 0.342 e. The Balaban J connectivity index is 2.17. The van der Waals surface area contributed by atoms with Crippen molar-refractivity contribution >= 4 is 11.7 Å². The number of nitrogens with zero attached hydrogens (tertiary/aromatic N) is 1. The number of nitro benzene ring substituents is 1. The van der Waals surface area contributed by atoms with Gasteiger partial charge in [-0.1, -0.05) is 19.3 Å². The third kappa shape index (κ3) is 3.68. The zero-order chi connectivity index (χ0) is 15.4. The minimum atomic E-state index is -1.48. The van der Waals surface area contributed by atoms with Crippen molar-refractivity contribution in [2.75, 3.05) is 6.61 Å². The number of ether oxygens (including phenoxy) is 1. The second kappa shape index (κ2) is 6.51. The largest absolute Gasteiger partial charge is 0.490 e. The van der Waals surface area contributed by atoms with Gasteiger partial charge in [-0.25, -0.2) is 9.18 Å². The van der Waals surface area contributed by atoms with E-state index >= 15 is 0 Å². The number of halogens is 1. The topological polar surface area (TPSA) is 89.7 Å². The van der Waals surface area contributed by atoms with Crippen molar-refractivity contribution in [2.45, 2.75) is 32.1 Å². The molecule has 7 heteroatoms. The van der Waals surface area contributed by atoms with E-state index in [0.29, 0.717) is 18.6 Å².